The average molecular weight is 303 g/mol. The lowest BCUT2D eigenvalue weighted by atomic mass is 9.88. The van der Waals surface area contributed by atoms with Crippen molar-refractivity contribution in [1.82, 2.24) is 9.88 Å². The summed E-state index contributed by atoms with van der Waals surface area (Å²) < 4.78 is 0. The fraction of sp³-hybridized carbons (Fsp3) is 0.722. The van der Waals surface area contributed by atoms with Crippen molar-refractivity contribution in [2.45, 2.75) is 51.1 Å². The minimum absolute atomic E-state index is 0.192. The predicted octanol–water partition coefficient (Wildman–Crippen LogP) is 2.66. The monoisotopic (exact) mass is 303 g/mol. The molecule has 22 heavy (non-hydrogen) atoms. The molecule has 4 nitrogen and oxygen atoms in total. The highest BCUT2D eigenvalue weighted by atomic mass is 16.3. The topological polar surface area (TPSA) is 39.6 Å². The number of aromatic nitrogens is 1. The molecule has 1 aliphatic heterocycles. The first-order valence-electron chi connectivity index (χ1n) is 8.78. The van der Waals surface area contributed by atoms with Crippen molar-refractivity contribution in [3.63, 3.8) is 0 Å². The van der Waals surface area contributed by atoms with Gasteiger partial charge in [0.25, 0.3) is 0 Å². The fourth-order valence-electron chi connectivity index (χ4n) is 3.99. The molecule has 2 aliphatic rings. The van der Waals surface area contributed by atoms with E-state index < -0.39 is 0 Å². The van der Waals surface area contributed by atoms with E-state index in [4.69, 9.17) is 0 Å². The van der Waals surface area contributed by atoms with Crippen LogP contribution in [0.5, 0.6) is 0 Å². The second kappa shape index (κ2) is 7.42. The third-order valence-corrected chi connectivity index (χ3v) is 5.40. The van der Waals surface area contributed by atoms with E-state index in [-0.39, 0.29) is 12.6 Å². The molecule has 0 radical (unpaired) electrons. The average Bonchev–Trinajstić information content (AvgIpc) is 2.55. The highest BCUT2D eigenvalue weighted by molar-refractivity contribution is 5.51. The Bertz CT molecular complexity index is 473. The van der Waals surface area contributed by atoms with E-state index in [0.29, 0.717) is 0 Å². The van der Waals surface area contributed by atoms with Crippen LogP contribution in [0.15, 0.2) is 18.3 Å². The third-order valence-electron chi connectivity index (χ3n) is 5.40. The summed E-state index contributed by atoms with van der Waals surface area (Å²) >= 11 is 0. The lowest BCUT2D eigenvalue weighted by Gasteiger charge is -2.37. The Hall–Kier alpha value is -1.13. The van der Waals surface area contributed by atoms with Crippen LogP contribution in [0.3, 0.4) is 0 Å². The summed E-state index contributed by atoms with van der Waals surface area (Å²) in [5.41, 5.74) is 2.33. The predicted molar refractivity (Wildman–Crippen MR) is 90.0 cm³/mol. The van der Waals surface area contributed by atoms with Crippen LogP contribution in [0.4, 0.5) is 5.69 Å². The van der Waals surface area contributed by atoms with Crippen molar-refractivity contribution in [3.05, 3.63) is 24.0 Å². The van der Waals surface area contributed by atoms with Crippen LogP contribution in [-0.2, 0) is 6.54 Å². The number of likely N-dealkylation sites (N-methyl/N-ethyl adjacent to an activating group) is 1. The van der Waals surface area contributed by atoms with Gasteiger partial charge in [0.1, 0.15) is 0 Å². The van der Waals surface area contributed by atoms with Crippen molar-refractivity contribution >= 4 is 5.69 Å². The molecule has 2 heterocycles. The zero-order valence-corrected chi connectivity index (χ0v) is 13.7. The minimum atomic E-state index is 0.192. The Balaban J connectivity index is 1.75. The highest BCUT2D eigenvalue weighted by Crippen LogP contribution is 2.28. The maximum Gasteiger partial charge on any atom is 0.0776 e. The summed E-state index contributed by atoms with van der Waals surface area (Å²) in [5.74, 6) is 0.852. The number of hydrogen-bond acceptors (Lipinski definition) is 4. The number of hydrogen-bond donors (Lipinski definition) is 1. The molecule has 1 fully saturated rings. The summed E-state index contributed by atoms with van der Waals surface area (Å²) in [7, 11) is 2.08. The standard InChI is InChI=1S/C18H29N3O/c1-20-16(14-22)9-11-21(12-15-6-3-2-4-7-15)13-17-18(20)8-5-10-19-17/h5,8,10,15-16,22H,2-4,6-7,9,11-14H2,1H3/t16-/m0/s1. The van der Waals surface area contributed by atoms with Gasteiger partial charge in [-0.3, -0.25) is 9.88 Å². The van der Waals surface area contributed by atoms with Gasteiger partial charge in [0.05, 0.1) is 24.0 Å². The molecule has 0 spiro atoms. The zero-order valence-electron chi connectivity index (χ0n) is 13.7. The first kappa shape index (κ1) is 15.8. The highest BCUT2D eigenvalue weighted by Gasteiger charge is 2.25. The van der Waals surface area contributed by atoms with Gasteiger partial charge >= 0.3 is 0 Å². The van der Waals surface area contributed by atoms with Gasteiger partial charge in [-0.15, -0.1) is 0 Å². The number of pyridine rings is 1. The molecule has 1 aliphatic carbocycles. The summed E-state index contributed by atoms with van der Waals surface area (Å²) in [6.07, 6.45) is 9.89. The van der Waals surface area contributed by atoms with Gasteiger partial charge in [0.2, 0.25) is 0 Å². The molecule has 0 aromatic carbocycles. The van der Waals surface area contributed by atoms with E-state index >= 15 is 0 Å². The van der Waals surface area contributed by atoms with Crippen molar-refractivity contribution < 1.29 is 5.11 Å². The molecule has 0 saturated heterocycles. The summed E-state index contributed by atoms with van der Waals surface area (Å²) in [4.78, 5) is 9.39. The maximum atomic E-state index is 9.73. The van der Waals surface area contributed by atoms with Crippen LogP contribution in [0.2, 0.25) is 0 Å². The fourth-order valence-corrected chi connectivity index (χ4v) is 3.99. The number of nitrogens with zero attached hydrogens (tertiary/aromatic N) is 3. The number of anilines is 1. The van der Waals surface area contributed by atoms with Crippen molar-refractivity contribution in [3.8, 4) is 0 Å². The quantitative estimate of drug-likeness (QED) is 0.932. The molecule has 0 amide bonds. The molecule has 122 valence electrons. The molecule has 4 heteroatoms. The molecule has 1 aromatic rings. The van der Waals surface area contributed by atoms with Crippen LogP contribution in [0.25, 0.3) is 0 Å². The number of fused-ring (bicyclic) bond motifs is 1. The molecular weight excluding hydrogens is 274 g/mol. The summed E-state index contributed by atoms with van der Waals surface area (Å²) in [5, 5.41) is 9.73. The smallest absolute Gasteiger partial charge is 0.0776 e. The van der Waals surface area contributed by atoms with Crippen LogP contribution < -0.4 is 4.90 Å². The lowest BCUT2D eigenvalue weighted by Crippen LogP contribution is -2.42. The Morgan fingerprint density at radius 2 is 2.05 bits per heavy atom. The van der Waals surface area contributed by atoms with Gasteiger partial charge in [-0.2, -0.15) is 0 Å². The lowest BCUT2D eigenvalue weighted by molar-refractivity contribution is 0.171. The van der Waals surface area contributed by atoms with Gasteiger partial charge in [-0.1, -0.05) is 19.3 Å². The SMILES string of the molecule is CN1c2cccnc2CN(CC2CCCCC2)CC[C@H]1CO. The second-order valence-electron chi connectivity index (χ2n) is 6.94. The van der Waals surface area contributed by atoms with Gasteiger partial charge in [0, 0.05) is 32.9 Å². The van der Waals surface area contributed by atoms with E-state index in [1.54, 1.807) is 0 Å². The molecule has 3 rings (SSSR count). The molecular formula is C18H29N3O. The van der Waals surface area contributed by atoms with Gasteiger partial charge in [-0.05, 0) is 37.3 Å². The molecule has 0 bridgehead atoms. The van der Waals surface area contributed by atoms with Crippen LogP contribution >= 0.6 is 0 Å². The van der Waals surface area contributed by atoms with E-state index in [1.807, 2.05) is 12.3 Å². The normalized spacial score (nSPS) is 24.6. The largest absolute Gasteiger partial charge is 0.394 e. The van der Waals surface area contributed by atoms with E-state index in [2.05, 4.69) is 27.9 Å². The third kappa shape index (κ3) is 3.61. The molecule has 1 atom stereocenters. The first-order valence-corrected chi connectivity index (χ1v) is 8.78. The van der Waals surface area contributed by atoms with Crippen molar-refractivity contribution in [2.24, 2.45) is 5.92 Å². The Kier molecular flexibility index (Phi) is 5.32. The van der Waals surface area contributed by atoms with Crippen LogP contribution in [0, 0.1) is 5.92 Å². The Morgan fingerprint density at radius 3 is 2.82 bits per heavy atom. The first-order chi connectivity index (χ1) is 10.8. The van der Waals surface area contributed by atoms with Crippen LogP contribution in [-0.4, -0.2) is 47.8 Å². The Labute approximate surface area is 134 Å². The van der Waals surface area contributed by atoms with E-state index in [0.717, 1.165) is 31.1 Å². The zero-order chi connectivity index (χ0) is 15.4. The molecule has 1 N–H and O–H groups in total. The molecule has 0 unspecified atom stereocenters. The van der Waals surface area contributed by atoms with E-state index in [9.17, 15) is 5.11 Å². The maximum absolute atomic E-state index is 9.73. The molecule has 1 aromatic heterocycles. The van der Waals surface area contributed by atoms with Gasteiger partial charge < -0.3 is 10.0 Å². The number of aliphatic hydroxyl groups is 1. The van der Waals surface area contributed by atoms with E-state index in [1.165, 1.54) is 44.3 Å². The van der Waals surface area contributed by atoms with Gasteiger partial charge in [0.15, 0.2) is 0 Å². The van der Waals surface area contributed by atoms with Crippen LogP contribution in [0.1, 0.15) is 44.2 Å². The Morgan fingerprint density at radius 1 is 1.23 bits per heavy atom. The van der Waals surface area contributed by atoms with Gasteiger partial charge in [-0.25, -0.2) is 0 Å². The number of rotatable bonds is 3. The summed E-state index contributed by atoms with van der Waals surface area (Å²) in [6, 6.07) is 4.32. The summed E-state index contributed by atoms with van der Waals surface area (Å²) in [6.45, 7) is 3.40. The number of aliphatic hydroxyl groups excluding tert-OH is 1. The molecule has 1 saturated carbocycles. The van der Waals surface area contributed by atoms with Crippen molar-refractivity contribution in [1.29, 1.82) is 0 Å². The minimum Gasteiger partial charge on any atom is -0.394 e. The second-order valence-corrected chi connectivity index (χ2v) is 6.94. The van der Waals surface area contributed by atoms with Crippen molar-refractivity contribution in [2.75, 3.05) is 31.6 Å².